The predicted octanol–water partition coefficient (Wildman–Crippen LogP) is 1.91. The van der Waals surface area contributed by atoms with Crippen molar-refractivity contribution >= 4 is 11.5 Å². The summed E-state index contributed by atoms with van der Waals surface area (Å²) in [6.07, 6.45) is -2.09. The molecule has 0 atom stereocenters. The third kappa shape index (κ3) is 3.61. The summed E-state index contributed by atoms with van der Waals surface area (Å²) in [5, 5.41) is 7.41. The average molecular weight is 301 g/mol. The highest BCUT2D eigenvalue weighted by molar-refractivity contribution is 5.93. The van der Waals surface area contributed by atoms with E-state index in [2.05, 4.69) is 9.97 Å². The zero-order chi connectivity index (χ0) is 15.6. The molecule has 0 spiro atoms. The number of fused-ring (bicyclic) bond motifs is 1. The zero-order valence-electron chi connectivity index (χ0n) is 11.2. The Labute approximate surface area is 118 Å². The normalized spacial score (nSPS) is 11.8. The molecule has 0 unspecified atom stereocenters. The van der Waals surface area contributed by atoms with E-state index in [9.17, 15) is 13.2 Å². The number of halogens is 3. The van der Waals surface area contributed by atoms with Crippen LogP contribution in [0.4, 0.5) is 13.2 Å². The molecule has 0 bridgehead atoms. The van der Waals surface area contributed by atoms with Crippen LogP contribution in [0.5, 0.6) is 5.88 Å². The lowest BCUT2D eigenvalue weighted by molar-refractivity contribution is -0.135. The third-order valence-electron chi connectivity index (χ3n) is 2.84. The Morgan fingerprint density at radius 3 is 2.67 bits per heavy atom. The van der Waals surface area contributed by atoms with E-state index in [1.54, 1.807) is 10.6 Å². The third-order valence-corrected chi connectivity index (χ3v) is 2.84. The smallest absolute Gasteiger partial charge is 0.389 e. The van der Waals surface area contributed by atoms with Crippen molar-refractivity contribution in [1.29, 1.82) is 5.41 Å². The topological polar surface area (TPSA) is 89.3 Å². The first kappa shape index (κ1) is 15.1. The molecule has 114 valence electrons. The van der Waals surface area contributed by atoms with E-state index in [1.165, 1.54) is 13.3 Å². The maximum atomic E-state index is 12.2. The molecule has 2 aromatic heterocycles. The molecule has 0 aliphatic rings. The number of imidazole rings is 1. The highest BCUT2D eigenvalue weighted by Crippen LogP contribution is 2.23. The van der Waals surface area contributed by atoms with Crippen molar-refractivity contribution in [2.45, 2.75) is 25.4 Å². The molecule has 3 N–H and O–H groups in total. The van der Waals surface area contributed by atoms with Crippen LogP contribution >= 0.6 is 0 Å². The van der Waals surface area contributed by atoms with Gasteiger partial charge in [-0.05, 0) is 12.8 Å². The largest absolute Gasteiger partial charge is 0.480 e. The maximum absolute atomic E-state index is 12.2. The number of alkyl halides is 3. The number of amidine groups is 1. The van der Waals surface area contributed by atoms with Crippen LogP contribution in [0.25, 0.3) is 5.65 Å². The molecule has 0 aliphatic carbocycles. The summed E-state index contributed by atoms with van der Waals surface area (Å²) in [7, 11) is 1.43. The number of aromatic nitrogens is 3. The van der Waals surface area contributed by atoms with Crippen LogP contribution in [0.3, 0.4) is 0 Å². The maximum Gasteiger partial charge on any atom is 0.389 e. The van der Waals surface area contributed by atoms with Crippen LogP contribution in [0.15, 0.2) is 12.4 Å². The fourth-order valence-electron chi connectivity index (χ4n) is 1.89. The van der Waals surface area contributed by atoms with Gasteiger partial charge in [-0.15, -0.1) is 0 Å². The zero-order valence-corrected chi connectivity index (χ0v) is 11.2. The van der Waals surface area contributed by atoms with Crippen molar-refractivity contribution in [3.63, 3.8) is 0 Å². The van der Waals surface area contributed by atoms with E-state index in [0.29, 0.717) is 17.2 Å². The number of hydrogen-bond donors (Lipinski definition) is 2. The molecule has 0 aromatic carbocycles. The second kappa shape index (κ2) is 5.58. The lowest BCUT2D eigenvalue weighted by atomic mass is 10.2. The van der Waals surface area contributed by atoms with Gasteiger partial charge in [-0.2, -0.15) is 18.2 Å². The Kier molecular flexibility index (Phi) is 4.01. The Morgan fingerprint density at radius 1 is 1.38 bits per heavy atom. The Hall–Kier alpha value is -2.32. The van der Waals surface area contributed by atoms with E-state index >= 15 is 0 Å². The fraction of sp³-hybridized carbons (Fsp3) is 0.417. The van der Waals surface area contributed by atoms with Crippen LogP contribution in [0.2, 0.25) is 0 Å². The van der Waals surface area contributed by atoms with Gasteiger partial charge < -0.3 is 10.5 Å². The quantitative estimate of drug-likeness (QED) is 0.652. The molecule has 0 amide bonds. The molecule has 6 nitrogen and oxygen atoms in total. The van der Waals surface area contributed by atoms with Gasteiger partial charge in [-0.1, -0.05) is 0 Å². The van der Waals surface area contributed by atoms with Crippen LogP contribution < -0.4 is 10.5 Å². The monoisotopic (exact) mass is 301 g/mol. The number of nitrogen functional groups attached to an aromatic ring is 1. The molecule has 2 aromatic rings. The second-order valence-electron chi connectivity index (χ2n) is 4.47. The van der Waals surface area contributed by atoms with E-state index in [0.717, 1.165) is 0 Å². The Bertz CT molecular complexity index is 665. The molecule has 21 heavy (non-hydrogen) atoms. The summed E-state index contributed by atoms with van der Waals surface area (Å²) in [5.74, 6) is 0.0520. The van der Waals surface area contributed by atoms with E-state index in [1.807, 2.05) is 0 Å². The van der Waals surface area contributed by atoms with Gasteiger partial charge in [0.2, 0.25) is 5.88 Å². The van der Waals surface area contributed by atoms with Gasteiger partial charge in [0.15, 0.2) is 5.65 Å². The first-order valence-corrected chi connectivity index (χ1v) is 6.14. The first-order valence-electron chi connectivity index (χ1n) is 6.14. The van der Waals surface area contributed by atoms with Crippen LogP contribution in [0, 0.1) is 5.41 Å². The number of nitrogens with zero attached hydrogens (tertiary/aromatic N) is 3. The number of rotatable bonds is 5. The minimum Gasteiger partial charge on any atom is -0.480 e. The van der Waals surface area contributed by atoms with Gasteiger partial charge in [0.05, 0.1) is 19.0 Å². The van der Waals surface area contributed by atoms with Crippen molar-refractivity contribution in [1.82, 2.24) is 14.4 Å². The Morgan fingerprint density at radius 2 is 2.10 bits per heavy atom. The second-order valence-corrected chi connectivity index (χ2v) is 4.47. The standard InChI is InChI=1S/C12H14F3N5O/c1-21-9-6-20-5-8(10(16)17)18-7(11(20)19-9)3-2-4-12(13,14)15/h5-6H,2-4H2,1H3,(H3,16,17). The average Bonchev–Trinajstić information content (AvgIpc) is 2.80. The SMILES string of the molecule is COc1cn2cc(C(=N)N)nc(CCCC(F)(F)F)c2n1. The predicted molar refractivity (Wildman–Crippen MR) is 69.5 cm³/mol. The van der Waals surface area contributed by atoms with Gasteiger partial charge in [-0.25, -0.2) is 4.98 Å². The summed E-state index contributed by atoms with van der Waals surface area (Å²) in [6.45, 7) is 0. The van der Waals surface area contributed by atoms with Crippen molar-refractivity contribution in [3.8, 4) is 5.88 Å². The van der Waals surface area contributed by atoms with Crippen molar-refractivity contribution < 1.29 is 17.9 Å². The van der Waals surface area contributed by atoms with E-state index in [4.69, 9.17) is 15.9 Å². The van der Waals surface area contributed by atoms with Gasteiger partial charge in [0.25, 0.3) is 0 Å². The van der Waals surface area contributed by atoms with Gasteiger partial charge in [0.1, 0.15) is 11.5 Å². The number of aryl methyl sites for hydroxylation is 1. The number of ether oxygens (including phenoxy) is 1. The highest BCUT2D eigenvalue weighted by atomic mass is 19.4. The van der Waals surface area contributed by atoms with Crippen LogP contribution in [-0.4, -0.2) is 33.5 Å². The van der Waals surface area contributed by atoms with E-state index in [-0.39, 0.29) is 24.4 Å². The highest BCUT2D eigenvalue weighted by Gasteiger charge is 2.26. The first-order chi connectivity index (χ1) is 9.80. The fourth-order valence-corrected chi connectivity index (χ4v) is 1.89. The minimum absolute atomic E-state index is 0.0876. The number of nitrogens with two attached hydrogens (primary N) is 1. The molecule has 0 saturated carbocycles. The summed E-state index contributed by atoms with van der Waals surface area (Å²) in [6, 6.07) is 0. The molecule has 9 heteroatoms. The summed E-state index contributed by atoms with van der Waals surface area (Å²) < 4.78 is 43.2. The van der Waals surface area contributed by atoms with Gasteiger partial charge >= 0.3 is 6.18 Å². The molecule has 2 rings (SSSR count). The summed E-state index contributed by atoms with van der Waals surface area (Å²) in [5.41, 5.74) is 6.33. The van der Waals surface area contributed by atoms with Crippen molar-refractivity contribution in [2.75, 3.05) is 7.11 Å². The number of methoxy groups -OCH3 is 1. The number of nitrogens with one attached hydrogen (secondary N) is 1. The summed E-state index contributed by atoms with van der Waals surface area (Å²) >= 11 is 0. The summed E-state index contributed by atoms with van der Waals surface area (Å²) in [4.78, 5) is 8.24. The minimum atomic E-state index is -4.21. The molecular formula is C12H14F3N5O. The van der Waals surface area contributed by atoms with Crippen molar-refractivity contribution in [3.05, 3.63) is 23.8 Å². The lowest BCUT2D eigenvalue weighted by Gasteiger charge is -2.08. The molecule has 0 fully saturated rings. The molecule has 0 saturated heterocycles. The molecule has 2 heterocycles. The van der Waals surface area contributed by atoms with Crippen LogP contribution in [-0.2, 0) is 6.42 Å². The lowest BCUT2D eigenvalue weighted by Crippen LogP contribution is -2.16. The van der Waals surface area contributed by atoms with Gasteiger partial charge in [-0.3, -0.25) is 9.81 Å². The molecule has 0 aliphatic heterocycles. The Balaban J connectivity index is 2.34. The van der Waals surface area contributed by atoms with E-state index < -0.39 is 12.6 Å². The van der Waals surface area contributed by atoms with Crippen molar-refractivity contribution in [2.24, 2.45) is 5.73 Å². The van der Waals surface area contributed by atoms with Gasteiger partial charge in [0, 0.05) is 12.6 Å². The van der Waals surface area contributed by atoms with Crippen LogP contribution in [0.1, 0.15) is 24.2 Å². The number of hydrogen-bond acceptors (Lipinski definition) is 4. The molecule has 0 radical (unpaired) electrons. The molecular weight excluding hydrogens is 287 g/mol.